The van der Waals surface area contributed by atoms with Crippen LogP contribution in [0.25, 0.3) is 0 Å². The highest BCUT2D eigenvalue weighted by atomic mass is 19.1. The van der Waals surface area contributed by atoms with Crippen molar-refractivity contribution in [2.75, 3.05) is 11.9 Å². The van der Waals surface area contributed by atoms with Crippen molar-refractivity contribution >= 4 is 23.7 Å². The maximum Gasteiger partial charge on any atom is 0.407 e. The Bertz CT molecular complexity index is 1060. The van der Waals surface area contributed by atoms with Gasteiger partial charge in [0.25, 0.3) is 0 Å². The van der Waals surface area contributed by atoms with Gasteiger partial charge in [-0.3, -0.25) is 4.79 Å². The van der Waals surface area contributed by atoms with Crippen LogP contribution in [-0.4, -0.2) is 36.2 Å². The van der Waals surface area contributed by atoms with E-state index in [2.05, 4.69) is 21.3 Å². The van der Waals surface area contributed by atoms with Crippen LogP contribution in [0.2, 0.25) is 0 Å². The van der Waals surface area contributed by atoms with E-state index in [1.54, 1.807) is 20.8 Å². The summed E-state index contributed by atoms with van der Waals surface area (Å²) in [6.07, 6.45) is -0.737. The van der Waals surface area contributed by atoms with E-state index in [4.69, 9.17) is 4.74 Å². The zero-order valence-corrected chi connectivity index (χ0v) is 18.8. The first-order chi connectivity index (χ1) is 15.9. The lowest BCUT2D eigenvalue weighted by molar-refractivity contribution is -0.120. The molecule has 4 amide bonds. The van der Waals surface area contributed by atoms with Gasteiger partial charge >= 0.3 is 12.1 Å². The molecule has 2 atom stereocenters. The number of amides is 4. The van der Waals surface area contributed by atoms with Crippen LogP contribution in [0.1, 0.15) is 37.8 Å². The number of urea groups is 1. The molecule has 0 aliphatic carbocycles. The van der Waals surface area contributed by atoms with Gasteiger partial charge in [0.1, 0.15) is 29.1 Å². The van der Waals surface area contributed by atoms with Crippen LogP contribution in [0.3, 0.4) is 0 Å². The van der Waals surface area contributed by atoms with E-state index in [0.29, 0.717) is 0 Å². The molecule has 34 heavy (non-hydrogen) atoms. The second-order valence-electron chi connectivity index (χ2n) is 8.76. The third kappa shape index (κ3) is 6.40. The second kappa shape index (κ2) is 10.0. The topological polar surface area (TPSA) is 109 Å². The minimum absolute atomic E-state index is 0.0936. The number of carbonyl (C=O) groups is 3. The molecule has 1 saturated heterocycles. The van der Waals surface area contributed by atoms with E-state index in [1.807, 2.05) is 0 Å². The third-order valence-corrected chi connectivity index (χ3v) is 4.92. The Kier molecular flexibility index (Phi) is 7.33. The molecule has 0 aromatic heterocycles. The SMILES string of the molecule is CC(C)(C)OC(=O)NCc1cc(F)c([C@@H]2CNC(=O)[C@H]2NC(=O)Nc2ccc(F)cc2)c(F)c1. The largest absolute Gasteiger partial charge is 0.444 e. The molecule has 0 spiro atoms. The van der Waals surface area contributed by atoms with Gasteiger partial charge in [-0.2, -0.15) is 0 Å². The minimum Gasteiger partial charge on any atom is -0.444 e. The van der Waals surface area contributed by atoms with Gasteiger partial charge in [0.2, 0.25) is 5.91 Å². The van der Waals surface area contributed by atoms with Gasteiger partial charge in [0, 0.05) is 30.3 Å². The first-order valence-electron chi connectivity index (χ1n) is 10.5. The van der Waals surface area contributed by atoms with Crippen LogP contribution < -0.4 is 21.3 Å². The number of hydrogen-bond acceptors (Lipinski definition) is 4. The van der Waals surface area contributed by atoms with Crippen LogP contribution in [0.4, 0.5) is 28.4 Å². The summed E-state index contributed by atoms with van der Waals surface area (Å²) in [5.74, 6) is -3.95. The van der Waals surface area contributed by atoms with Gasteiger partial charge < -0.3 is 26.0 Å². The summed E-state index contributed by atoms with van der Waals surface area (Å²) in [5, 5.41) is 9.75. The van der Waals surface area contributed by atoms with Crippen LogP contribution in [0.5, 0.6) is 0 Å². The van der Waals surface area contributed by atoms with E-state index < -0.39 is 53.0 Å². The van der Waals surface area contributed by atoms with Crippen molar-refractivity contribution in [1.29, 1.82) is 0 Å². The van der Waals surface area contributed by atoms with Crippen LogP contribution in [-0.2, 0) is 16.1 Å². The summed E-state index contributed by atoms with van der Waals surface area (Å²) in [5.41, 5.74) is -0.669. The molecule has 0 bridgehead atoms. The molecule has 0 unspecified atom stereocenters. The molecule has 182 valence electrons. The van der Waals surface area contributed by atoms with E-state index >= 15 is 0 Å². The van der Waals surface area contributed by atoms with Gasteiger partial charge in [0.05, 0.1) is 0 Å². The Morgan fingerprint density at radius 2 is 1.71 bits per heavy atom. The number of halogens is 3. The summed E-state index contributed by atoms with van der Waals surface area (Å²) in [6, 6.07) is 5.00. The number of ether oxygens (including phenoxy) is 1. The van der Waals surface area contributed by atoms with Crippen molar-refractivity contribution in [1.82, 2.24) is 16.0 Å². The van der Waals surface area contributed by atoms with E-state index in [0.717, 1.165) is 24.3 Å². The highest BCUT2D eigenvalue weighted by Gasteiger charge is 2.40. The summed E-state index contributed by atoms with van der Waals surface area (Å²) in [4.78, 5) is 36.4. The zero-order chi connectivity index (χ0) is 25.0. The normalized spacial score (nSPS) is 17.6. The fourth-order valence-corrected chi connectivity index (χ4v) is 3.48. The molecule has 1 heterocycles. The van der Waals surface area contributed by atoms with Gasteiger partial charge in [-0.1, -0.05) is 0 Å². The number of hydrogen-bond donors (Lipinski definition) is 4. The molecule has 2 aromatic carbocycles. The summed E-state index contributed by atoms with van der Waals surface area (Å²) < 4.78 is 47.9. The minimum atomic E-state index is -1.24. The van der Waals surface area contributed by atoms with Gasteiger partial charge in [0.15, 0.2) is 0 Å². The third-order valence-electron chi connectivity index (χ3n) is 4.92. The monoisotopic (exact) mass is 478 g/mol. The maximum absolute atomic E-state index is 14.9. The molecular weight excluding hydrogens is 453 g/mol. The molecule has 0 saturated carbocycles. The predicted molar refractivity (Wildman–Crippen MR) is 118 cm³/mol. The van der Waals surface area contributed by atoms with Crippen LogP contribution in [0, 0.1) is 17.5 Å². The maximum atomic E-state index is 14.9. The number of benzene rings is 2. The summed E-state index contributed by atoms with van der Waals surface area (Å²) in [7, 11) is 0. The quantitative estimate of drug-likeness (QED) is 0.527. The Morgan fingerprint density at radius 3 is 2.29 bits per heavy atom. The van der Waals surface area contributed by atoms with Crippen molar-refractivity contribution in [3.8, 4) is 0 Å². The summed E-state index contributed by atoms with van der Waals surface area (Å²) in [6.45, 7) is 4.78. The Hall–Kier alpha value is -3.76. The molecule has 3 rings (SSSR count). The lowest BCUT2D eigenvalue weighted by Crippen LogP contribution is -2.45. The number of carbonyl (C=O) groups excluding carboxylic acids is 3. The molecule has 1 fully saturated rings. The van der Waals surface area contributed by atoms with Gasteiger partial charge in [-0.25, -0.2) is 22.8 Å². The predicted octanol–water partition coefficient (Wildman–Crippen LogP) is 3.53. The summed E-state index contributed by atoms with van der Waals surface area (Å²) >= 11 is 0. The number of rotatable bonds is 5. The van der Waals surface area contributed by atoms with Crippen LogP contribution >= 0.6 is 0 Å². The fourth-order valence-electron chi connectivity index (χ4n) is 3.48. The first kappa shape index (κ1) is 24.9. The van der Waals surface area contributed by atoms with Crippen molar-refractivity contribution in [3.05, 3.63) is 65.0 Å². The molecule has 2 aromatic rings. The molecular formula is C23H25F3N4O4. The smallest absolute Gasteiger partial charge is 0.407 e. The van der Waals surface area contributed by atoms with Crippen molar-refractivity contribution in [2.45, 2.75) is 44.9 Å². The molecule has 1 aliphatic heterocycles. The van der Waals surface area contributed by atoms with Crippen molar-refractivity contribution in [2.24, 2.45) is 0 Å². The Balaban J connectivity index is 1.70. The van der Waals surface area contributed by atoms with Gasteiger partial charge in [-0.05, 0) is 62.7 Å². The Labute approximate surface area is 194 Å². The number of anilines is 1. The lowest BCUT2D eigenvalue weighted by atomic mass is 9.92. The molecule has 1 aliphatic rings. The molecule has 8 nitrogen and oxygen atoms in total. The number of nitrogens with one attached hydrogen (secondary N) is 4. The van der Waals surface area contributed by atoms with Crippen LogP contribution in [0.15, 0.2) is 36.4 Å². The highest BCUT2D eigenvalue weighted by Crippen LogP contribution is 2.29. The number of alkyl carbamates (subject to hydrolysis) is 1. The van der Waals surface area contributed by atoms with E-state index in [1.165, 1.54) is 12.1 Å². The average Bonchev–Trinajstić information content (AvgIpc) is 3.06. The first-order valence-corrected chi connectivity index (χ1v) is 10.5. The van der Waals surface area contributed by atoms with Crippen molar-refractivity contribution in [3.63, 3.8) is 0 Å². The van der Waals surface area contributed by atoms with E-state index in [-0.39, 0.29) is 29.9 Å². The Morgan fingerprint density at radius 1 is 1.09 bits per heavy atom. The van der Waals surface area contributed by atoms with Gasteiger partial charge in [-0.15, -0.1) is 0 Å². The molecule has 0 radical (unpaired) electrons. The molecule has 4 N–H and O–H groups in total. The fraction of sp³-hybridized carbons (Fsp3) is 0.348. The molecule has 11 heteroatoms. The second-order valence-corrected chi connectivity index (χ2v) is 8.76. The average molecular weight is 478 g/mol. The highest BCUT2D eigenvalue weighted by molar-refractivity contribution is 5.95. The zero-order valence-electron chi connectivity index (χ0n) is 18.8. The standard InChI is InChI=1S/C23H25F3N4O4/c1-23(2,3)34-22(33)28-10-12-8-16(25)18(17(26)9-12)15-11-27-20(31)19(15)30-21(32)29-14-6-4-13(24)5-7-14/h4-9,15,19H,10-11H2,1-3H3,(H,27,31)(H,28,33)(H2,29,30,32)/t15-,19-/m0/s1. The van der Waals surface area contributed by atoms with E-state index in [9.17, 15) is 27.6 Å². The lowest BCUT2D eigenvalue weighted by Gasteiger charge is -2.21. The van der Waals surface area contributed by atoms with Crippen molar-refractivity contribution < 1.29 is 32.3 Å².